The lowest BCUT2D eigenvalue weighted by molar-refractivity contribution is -0.115. The number of aryl methyl sites for hydroxylation is 1. The molecule has 0 spiro atoms. The summed E-state index contributed by atoms with van der Waals surface area (Å²) >= 11 is 3.33. The molecule has 2 aromatic rings. The topological polar surface area (TPSA) is 79.3 Å². The third-order valence-corrected chi connectivity index (χ3v) is 3.74. The molecule has 21 heavy (non-hydrogen) atoms. The van der Waals surface area contributed by atoms with Gasteiger partial charge in [0.15, 0.2) is 0 Å². The number of rotatable bonds is 4. The van der Waals surface area contributed by atoms with Crippen molar-refractivity contribution in [1.29, 1.82) is 0 Å². The molecule has 1 heterocycles. The molecular weight excluding hydrogens is 336 g/mol. The molecule has 0 saturated heterocycles. The summed E-state index contributed by atoms with van der Waals surface area (Å²) in [5, 5.41) is 11.7. The highest BCUT2D eigenvalue weighted by Crippen LogP contribution is 2.17. The molecule has 0 atom stereocenters. The van der Waals surface area contributed by atoms with E-state index in [1.54, 1.807) is 30.5 Å². The fourth-order valence-corrected chi connectivity index (χ4v) is 2.07. The van der Waals surface area contributed by atoms with E-state index in [9.17, 15) is 9.59 Å². The monoisotopic (exact) mass is 348 g/mol. The molecule has 5 nitrogen and oxygen atoms in total. The minimum Gasteiger partial charge on any atom is -0.478 e. The molecule has 108 valence electrons. The van der Waals surface area contributed by atoms with Crippen LogP contribution in [-0.4, -0.2) is 22.0 Å². The summed E-state index contributed by atoms with van der Waals surface area (Å²) in [6, 6.07) is 8.18. The minimum absolute atomic E-state index is 0.0146. The summed E-state index contributed by atoms with van der Waals surface area (Å²) in [5.41, 5.74) is 1.55. The van der Waals surface area contributed by atoms with E-state index in [2.05, 4.69) is 26.2 Å². The van der Waals surface area contributed by atoms with Gasteiger partial charge in [0.2, 0.25) is 5.91 Å². The van der Waals surface area contributed by atoms with Gasteiger partial charge in [-0.05, 0) is 46.1 Å². The van der Waals surface area contributed by atoms with Crippen molar-refractivity contribution >= 4 is 33.6 Å². The van der Waals surface area contributed by atoms with Crippen molar-refractivity contribution in [1.82, 2.24) is 4.98 Å². The quantitative estimate of drug-likeness (QED) is 0.889. The number of aromatic nitrogens is 1. The van der Waals surface area contributed by atoms with Gasteiger partial charge in [0.1, 0.15) is 5.82 Å². The molecule has 0 aliphatic heterocycles. The first-order chi connectivity index (χ1) is 9.97. The molecule has 0 unspecified atom stereocenters. The average Bonchev–Trinajstić information content (AvgIpc) is 2.43. The second-order valence-corrected chi connectivity index (χ2v) is 5.36. The van der Waals surface area contributed by atoms with E-state index in [1.807, 2.05) is 6.92 Å². The van der Waals surface area contributed by atoms with Crippen LogP contribution >= 0.6 is 15.9 Å². The first-order valence-corrected chi connectivity index (χ1v) is 7.00. The van der Waals surface area contributed by atoms with Gasteiger partial charge in [-0.25, -0.2) is 9.78 Å². The molecule has 2 N–H and O–H groups in total. The lowest BCUT2D eigenvalue weighted by Crippen LogP contribution is -2.17. The van der Waals surface area contributed by atoms with Gasteiger partial charge in [-0.3, -0.25) is 4.79 Å². The summed E-state index contributed by atoms with van der Waals surface area (Å²) in [4.78, 5) is 27.2. The van der Waals surface area contributed by atoms with Gasteiger partial charge in [0, 0.05) is 10.7 Å². The predicted octanol–water partition coefficient (Wildman–Crippen LogP) is 3.03. The van der Waals surface area contributed by atoms with E-state index in [4.69, 9.17) is 5.11 Å². The van der Waals surface area contributed by atoms with E-state index in [0.29, 0.717) is 11.4 Å². The Hall–Kier alpha value is -2.21. The second kappa shape index (κ2) is 6.49. The van der Waals surface area contributed by atoms with Crippen LogP contribution in [-0.2, 0) is 11.2 Å². The number of carbonyl (C=O) groups is 2. The number of pyridine rings is 1. The van der Waals surface area contributed by atoms with Crippen LogP contribution in [0, 0.1) is 6.92 Å². The van der Waals surface area contributed by atoms with Crippen LogP contribution in [0.5, 0.6) is 0 Å². The molecule has 0 bridgehead atoms. The van der Waals surface area contributed by atoms with Crippen LogP contribution < -0.4 is 5.32 Å². The van der Waals surface area contributed by atoms with E-state index >= 15 is 0 Å². The van der Waals surface area contributed by atoms with Crippen molar-refractivity contribution in [2.75, 3.05) is 5.32 Å². The zero-order chi connectivity index (χ0) is 15.4. The predicted molar refractivity (Wildman–Crippen MR) is 82.4 cm³/mol. The molecule has 2 rings (SSSR count). The third kappa shape index (κ3) is 3.88. The number of carbonyl (C=O) groups excluding carboxylic acids is 1. The van der Waals surface area contributed by atoms with Crippen molar-refractivity contribution in [2.24, 2.45) is 0 Å². The number of hydrogen-bond donors (Lipinski definition) is 2. The number of nitrogens with zero attached hydrogens (tertiary/aromatic N) is 1. The van der Waals surface area contributed by atoms with Crippen LogP contribution in [0.15, 0.2) is 41.0 Å². The Labute approximate surface area is 130 Å². The van der Waals surface area contributed by atoms with Gasteiger partial charge in [0.05, 0.1) is 12.0 Å². The maximum absolute atomic E-state index is 12.0. The summed E-state index contributed by atoms with van der Waals surface area (Å²) < 4.78 is 0.858. The number of amides is 1. The maximum Gasteiger partial charge on any atom is 0.335 e. The van der Waals surface area contributed by atoms with Crippen molar-refractivity contribution < 1.29 is 14.7 Å². The zero-order valence-corrected chi connectivity index (χ0v) is 12.8. The fourth-order valence-electron chi connectivity index (χ4n) is 1.85. The summed E-state index contributed by atoms with van der Waals surface area (Å²) in [6.45, 7) is 1.89. The Morgan fingerprint density at radius 1 is 1.33 bits per heavy atom. The first kappa shape index (κ1) is 15.2. The molecule has 1 aromatic heterocycles. The number of carboxylic acid groups (broad SMARTS) is 1. The minimum atomic E-state index is -1.05. The summed E-state index contributed by atoms with van der Waals surface area (Å²) in [6.07, 6.45) is 1.59. The van der Waals surface area contributed by atoms with Crippen LogP contribution in [0.4, 0.5) is 5.82 Å². The lowest BCUT2D eigenvalue weighted by atomic mass is 10.0. The van der Waals surface area contributed by atoms with Crippen molar-refractivity contribution in [2.45, 2.75) is 13.3 Å². The van der Waals surface area contributed by atoms with Crippen LogP contribution in [0.25, 0.3) is 0 Å². The average molecular weight is 349 g/mol. The first-order valence-electron chi connectivity index (χ1n) is 6.20. The number of carboxylic acids is 1. The number of hydrogen-bond acceptors (Lipinski definition) is 3. The van der Waals surface area contributed by atoms with E-state index < -0.39 is 5.97 Å². The Kier molecular flexibility index (Phi) is 4.70. The molecule has 0 fully saturated rings. The number of anilines is 1. The van der Waals surface area contributed by atoms with Crippen molar-refractivity contribution in [3.8, 4) is 0 Å². The molecule has 6 heteroatoms. The molecule has 1 aromatic carbocycles. The largest absolute Gasteiger partial charge is 0.478 e. The van der Waals surface area contributed by atoms with Crippen molar-refractivity contribution in [3.63, 3.8) is 0 Å². The SMILES string of the molecule is Cc1cc(NC(=O)Cc2ccccc2C(=O)O)ncc1Br. The van der Waals surface area contributed by atoms with Gasteiger partial charge in [0.25, 0.3) is 0 Å². The summed E-state index contributed by atoms with van der Waals surface area (Å²) in [5.74, 6) is -0.914. The zero-order valence-electron chi connectivity index (χ0n) is 11.3. The number of halogens is 1. The Morgan fingerprint density at radius 3 is 2.71 bits per heavy atom. The highest BCUT2D eigenvalue weighted by atomic mass is 79.9. The van der Waals surface area contributed by atoms with E-state index in [0.717, 1.165) is 10.0 Å². The van der Waals surface area contributed by atoms with Crippen LogP contribution in [0.1, 0.15) is 21.5 Å². The Balaban J connectivity index is 2.12. The molecule has 0 aliphatic rings. The summed E-state index contributed by atoms with van der Waals surface area (Å²) in [7, 11) is 0. The Bertz CT molecular complexity index is 701. The van der Waals surface area contributed by atoms with Crippen molar-refractivity contribution in [3.05, 3.63) is 57.7 Å². The standard InChI is InChI=1S/C15H13BrN2O3/c1-9-6-13(17-8-12(9)16)18-14(19)7-10-4-2-3-5-11(10)15(20)21/h2-6,8H,7H2,1H3,(H,20,21)(H,17,18,19). The van der Waals surface area contributed by atoms with Crippen LogP contribution in [0.2, 0.25) is 0 Å². The molecule has 1 amide bonds. The Morgan fingerprint density at radius 2 is 2.05 bits per heavy atom. The number of aromatic carboxylic acids is 1. The second-order valence-electron chi connectivity index (χ2n) is 4.51. The highest BCUT2D eigenvalue weighted by Gasteiger charge is 2.13. The van der Waals surface area contributed by atoms with Gasteiger partial charge in [-0.2, -0.15) is 0 Å². The normalized spacial score (nSPS) is 10.2. The van der Waals surface area contributed by atoms with Crippen LogP contribution in [0.3, 0.4) is 0 Å². The highest BCUT2D eigenvalue weighted by molar-refractivity contribution is 9.10. The number of benzene rings is 1. The smallest absolute Gasteiger partial charge is 0.335 e. The van der Waals surface area contributed by atoms with Gasteiger partial charge >= 0.3 is 5.97 Å². The van der Waals surface area contributed by atoms with Gasteiger partial charge in [-0.15, -0.1) is 0 Å². The van der Waals surface area contributed by atoms with E-state index in [-0.39, 0.29) is 17.9 Å². The van der Waals surface area contributed by atoms with E-state index in [1.165, 1.54) is 6.07 Å². The fraction of sp³-hybridized carbons (Fsp3) is 0.133. The molecule has 0 aliphatic carbocycles. The molecule has 0 saturated carbocycles. The molecular formula is C15H13BrN2O3. The van der Waals surface area contributed by atoms with Gasteiger partial charge < -0.3 is 10.4 Å². The molecule has 0 radical (unpaired) electrons. The maximum atomic E-state index is 12.0. The third-order valence-electron chi connectivity index (χ3n) is 2.91. The lowest BCUT2D eigenvalue weighted by Gasteiger charge is -2.08. The number of nitrogens with one attached hydrogen (secondary N) is 1. The van der Waals surface area contributed by atoms with Gasteiger partial charge in [-0.1, -0.05) is 18.2 Å².